The summed E-state index contributed by atoms with van der Waals surface area (Å²) in [7, 11) is 0. The van der Waals surface area contributed by atoms with Crippen molar-refractivity contribution in [2.75, 3.05) is 5.32 Å². The van der Waals surface area contributed by atoms with Crippen molar-refractivity contribution in [3.63, 3.8) is 0 Å². The van der Waals surface area contributed by atoms with Gasteiger partial charge in [0.05, 0.1) is 0 Å². The van der Waals surface area contributed by atoms with Crippen LogP contribution >= 0.6 is 11.8 Å². The van der Waals surface area contributed by atoms with Gasteiger partial charge in [-0.15, -0.1) is 11.8 Å². The number of rotatable bonds is 8. The van der Waals surface area contributed by atoms with Crippen LogP contribution in [0.1, 0.15) is 35.6 Å². The minimum atomic E-state index is -0.529. The summed E-state index contributed by atoms with van der Waals surface area (Å²) in [5.41, 5.74) is 5.34. The highest BCUT2D eigenvalue weighted by Crippen LogP contribution is 2.26. The van der Waals surface area contributed by atoms with E-state index in [1.54, 1.807) is 11.8 Å². The lowest BCUT2D eigenvalue weighted by molar-refractivity contribution is -0.122. The zero-order valence-corrected chi connectivity index (χ0v) is 18.9. The van der Waals surface area contributed by atoms with E-state index in [2.05, 4.69) is 41.7 Å². The van der Waals surface area contributed by atoms with E-state index in [9.17, 15) is 4.79 Å². The Morgan fingerprint density at radius 3 is 2.43 bits per heavy atom. The Hall–Kier alpha value is -2.72. The standard InChI is InChI=1S/C26H29NO2S/c1-5-24(29-25-13-9-10-18(2)20(25)4)26(28)27-23-15-14-21(16-19(23)3)17-30-22-11-7-6-8-12-22/h6-16,24H,5,17H2,1-4H3,(H,27,28). The molecule has 1 unspecified atom stereocenters. The molecule has 3 aromatic rings. The third kappa shape index (κ3) is 5.67. The van der Waals surface area contributed by atoms with Crippen molar-refractivity contribution in [1.29, 1.82) is 0 Å². The average molecular weight is 420 g/mol. The van der Waals surface area contributed by atoms with Gasteiger partial charge in [0, 0.05) is 16.3 Å². The predicted molar refractivity (Wildman–Crippen MR) is 126 cm³/mol. The molecule has 0 saturated heterocycles. The largest absolute Gasteiger partial charge is 0.480 e. The molecular weight excluding hydrogens is 390 g/mol. The highest BCUT2D eigenvalue weighted by Gasteiger charge is 2.20. The SMILES string of the molecule is CCC(Oc1cccc(C)c1C)C(=O)Nc1ccc(CSc2ccccc2)cc1C. The Bertz CT molecular complexity index is 1000. The van der Waals surface area contributed by atoms with Crippen LogP contribution in [0.3, 0.4) is 0 Å². The van der Waals surface area contributed by atoms with Crippen LogP contribution in [-0.4, -0.2) is 12.0 Å². The van der Waals surface area contributed by atoms with Gasteiger partial charge in [0.25, 0.3) is 5.91 Å². The summed E-state index contributed by atoms with van der Waals surface area (Å²) < 4.78 is 6.05. The number of benzene rings is 3. The van der Waals surface area contributed by atoms with Crippen LogP contribution in [0.4, 0.5) is 5.69 Å². The highest BCUT2D eigenvalue weighted by molar-refractivity contribution is 7.98. The van der Waals surface area contributed by atoms with Crippen molar-refractivity contribution >= 4 is 23.4 Å². The zero-order chi connectivity index (χ0) is 21.5. The molecule has 1 atom stereocenters. The second-order valence-electron chi connectivity index (χ2n) is 7.45. The average Bonchev–Trinajstić information content (AvgIpc) is 2.75. The van der Waals surface area contributed by atoms with Crippen LogP contribution < -0.4 is 10.1 Å². The number of carbonyl (C=O) groups excluding carboxylic acids is 1. The predicted octanol–water partition coefficient (Wildman–Crippen LogP) is 6.70. The zero-order valence-electron chi connectivity index (χ0n) is 18.1. The van der Waals surface area contributed by atoms with E-state index in [-0.39, 0.29) is 5.91 Å². The molecule has 0 aliphatic rings. The molecule has 0 aromatic heterocycles. The number of anilines is 1. The Morgan fingerprint density at radius 1 is 0.967 bits per heavy atom. The van der Waals surface area contributed by atoms with Crippen molar-refractivity contribution in [2.45, 2.75) is 50.9 Å². The number of ether oxygens (including phenoxy) is 1. The lowest BCUT2D eigenvalue weighted by atomic mass is 10.1. The van der Waals surface area contributed by atoms with Crippen molar-refractivity contribution in [3.8, 4) is 5.75 Å². The Balaban J connectivity index is 1.64. The number of carbonyl (C=O) groups is 1. The molecule has 0 heterocycles. The lowest BCUT2D eigenvalue weighted by Crippen LogP contribution is -2.32. The first-order chi connectivity index (χ1) is 14.5. The van der Waals surface area contributed by atoms with Crippen LogP contribution in [0, 0.1) is 20.8 Å². The van der Waals surface area contributed by atoms with Gasteiger partial charge >= 0.3 is 0 Å². The van der Waals surface area contributed by atoms with Gasteiger partial charge in [-0.1, -0.05) is 49.4 Å². The van der Waals surface area contributed by atoms with E-state index < -0.39 is 6.10 Å². The number of nitrogens with one attached hydrogen (secondary N) is 1. The van der Waals surface area contributed by atoms with Crippen molar-refractivity contribution in [1.82, 2.24) is 0 Å². The third-order valence-corrected chi connectivity index (χ3v) is 6.27. The molecular formula is C26H29NO2S. The molecule has 0 fully saturated rings. The maximum Gasteiger partial charge on any atom is 0.265 e. The molecule has 3 rings (SSSR count). The number of aryl methyl sites for hydroxylation is 2. The van der Waals surface area contributed by atoms with E-state index in [0.29, 0.717) is 6.42 Å². The second-order valence-corrected chi connectivity index (χ2v) is 8.50. The molecule has 0 radical (unpaired) electrons. The lowest BCUT2D eigenvalue weighted by Gasteiger charge is -2.20. The molecule has 0 spiro atoms. The molecule has 0 bridgehead atoms. The first-order valence-corrected chi connectivity index (χ1v) is 11.3. The molecule has 3 aromatic carbocycles. The summed E-state index contributed by atoms with van der Waals surface area (Å²) in [6, 6.07) is 22.5. The van der Waals surface area contributed by atoms with Crippen LogP contribution in [0.25, 0.3) is 0 Å². The number of hydrogen-bond donors (Lipinski definition) is 1. The Morgan fingerprint density at radius 2 is 1.73 bits per heavy atom. The summed E-state index contributed by atoms with van der Waals surface area (Å²) in [6.07, 6.45) is 0.0718. The van der Waals surface area contributed by atoms with Gasteiger partial charge in [0.15, 0.2) is 6.10 Å². The summed E-state index contributed by atoms with van der Waals surface area (Å²) in [5.74, 6) is 1.54. The van der Waals surface area contributed by atoms with Gasteiger partial charge in [-0.25, -0.2) is 0 Å². The summed E-state index contributed by atoms with van der Waals surface area (Å²) in [6.45, 7) is 8.06. The van der Waals surface area contributed by atoms with Gasteiger partial charge < -0.3 is 10.1 Å². The summed E-state index contributed by atoms with van der Waals surface area (Å²) in [5, 5.41) is 3.05. The number of thioether (sulfide) groups is 1. The van der Waals surface area contributed by atoms with Crippen LogP contribution in [0.2, 0.25) is 0 Å². The van der Waals surface area contributed by atoms with E-state index >= 15 is 0 Å². The van der Waals surface area contributed by atoms with E-state index in [1.807, 2.05) is 58.0 Å². The fraction of sp³-hybridized carbons (Fsp3) is 0.269. The third-order valence-electron chi connectivity index (χ3n) is 5.18. The summed E-state index contributed by atoms with van der Waals surface area (Å²) in [4.78, 5) is 14.1. The van der Waals surface area contributed by atoms with Crippen LogP contribution in [-0.2, 0) is 10.5 Å². The van der Waals surface area contributed by atoms with Crippen LogP contribution in [0.5, 0.6) is 5.75 Å². The molecule has 156 valence electrons. The Kier molecular flexibility index (Phi) is 7.58. The molecule has 1 amide bonds. The van der Waals surface area contributed by atoms with Gasteiger partial charge in [0.1, 0.15) is 5.75 Å². The quantitative estimate of drug-likeness (QED) is 0.413. The fourth-order valence-electron chi connectivity index (χ4n) is 3.18. The molecule has 4 heteroatoms. The van der Waals surface area contributed by atoms with Crippen molar-refractivity contribution < 1.29 is 9.53 Å². The fourth-order valence-corrected chi connectivity index (χ4v) is 4.04. The maximum absolute atomic E-state index is 12.9. The summed E-state index contributed by atoms with van der Waals surface area (Å²) >= 11 is 1.81. The van der Waals surface area contributed by atoms with E-state index in [4.69, 9.17) is 4.74 Å². The molecule has 1 N–H and O–H groups in total. The Labute approximate surface area is 183 Å². The minimum absolute atomic E-state index is 0.118. The molecule has 3 nitrogen and oxygen atoms in total. The molecule has 0 aliphatic carbocycles. The first kappa shape index (κ1) is 22.0. The minimum Gasteiger partial charge on any atom is -0.480 e. The smallest absolute Gasteiger partial charge is 0.265 e. The molecule has 0 saturated carbocycles. The first-order valence-electron chi connectivity index (χ1n) is 10.3. The number of amides is 1. The molecule has 0 aliphatic heterocycles. The van der Waals surface area contributed by atoms with Gasteiger partial charge in [0.2, 0.25) is 0 Å². The number of hydrogen-bond acceptors (Lipinski definition) is 3. The molecule has 30 heavy (non-hydrogen) atoms. The van der Waals surface area contributed by atoms with E-state index in [0.717, 1.165) is 33.9 Å². The highest BCUT2D eigenvalue weighted by atomic mass is 32.2. The second kappa shape index (κ2) is 10.4. The topological polar surface area (TPSA) is 38.3 Å². The van der Waals surface area contributed by atoms with Crippen molar-refractivity contribution in [3.05, 3.63) is 89.0 Å². The normalized spacial score (nSPS) is 11.7. The van der Waals surface area contributed by atoms with Gasteiger partial charge in [-0.2, -0.15) is 0 Å². The monoisotopic (exact) mass is 419 g/mol. The van der Waals surface area contributed by atoms with Gasteiger partial charge in [-0.05, 0) is 73.7 Å². The van der Waals surface area contributed by atoms with Crippen molar-refractivity contribution in [2.24, 2.45) is 0 Å². The van der Waals surface area contributed by atoms with Gasteiger partial charge in [-0.3, -0.25) is 4.79 Å². The van der Waals surface area contributed by atoms with Crippen LogP contribution in [0.15, 0.2) is 71.6 Å². The van der Waals surface area contributed by atoms with E-state index in [1.165, 1.54) is 10.5 Å². The maximum atomic E-state index is 12.9.